The summed E-state index contributed by atoms with van der Waals surface area (Å²) in [6, 6.07) is 18.9. The number of benzene rings is 2. The minimum atomic E-state index is -3.78. The maximum Gasteiger partial charge on any atom is 0.264 e. The lowest BCUT2D eigenvalue weighted by Crippen LogP contribution is -2.31. The first kappa shape index (κ1) is 20.1. The smallest absolute Gasteiger partial charge is 0.264 e. The molecule has 30 heavy (non-hydrogen) atoms. The van der Waals surface area contributed by atoms with Gasteiger partial charge in [0.25, 0.3) is 15.9 Å². The van der Waals surface area contributed by atoms with Crippen LogP contribution in [0.25, 0.3) is 0 Å². The van der Waals surface area contributed by atoms with E-state index in [0.29, 0.717) is 17.8 Å². The molecule has 0 N–H and O–H groups in total. The zero-order valence-electron chi connectivity index (χ0n) is 16.7. The number of amides is 1. The van der Waals surface area contributed by atoms with Gasteiger partial charge in [-0.15, -0.1) is 0 Å². The predicted octanol–water partition coefficient (Wildman–Crippen LogP) is 3.88. The molecule has 1 fully saturated rings. The van der Waals surface area contributed by atoms with Crippen LogP contribution in [0.1, 0.15) is 34.8 Å². The molecule has 1 saturated heterocycles. The van der Waals surface area contributed by atoms with Crippen LogP contribution in [0.3, 0.4) is 0 Å². The Morgan fingerprint density at radius 3 is 2.60 bits per heavy atom. The van der Waals surface area contributed by atoms with Crippen molar-refractivity contribution >= 4 is 21.6 Å². The number of sulfonamides is 1. The lowest BCUT2D eigenvalue weighted by atomic mass is 10.1. The first-order chi connectivity index (χ1) is 14.5. The average Bonchev–Trinajstić information content (AvgIpc) is 3.29. The zero-order valence-corrected chi connectivity index (χ0v) is 17.5. The topological polar surface area (TPSA) is 70.6 Å². The summed E-state index contributed by atoms with van der Waals surface area (Å²) in [4.78, 5) is 19.3. The maximum atomic E-state index is 13.2. The highest BCUT2D eigenvalue weighted by molar-refractivity contribution is 7.92. The molecule has 1 amide bonds. The molecular formula is C23H23N3O3S. The molecule has 4 rings (SSSR count). The van der Waals surface area contributed by atoms with E-state index < -0.39 is 10.0 Å². The number of para-hydroxylation sites is 1. The van der Waals surface area contributed by atoms with Crippen LogP contribution in [0.15, 0.2) is 84.0 Å². The summed E-state index contributed by atoms with van der Waals surface area (Å²) < 4.78 is 27.4. The molecular weight excluding hydrogens is 398 g/mol. The Balaban J connectivity index is 1.62. The van der Waals surface area contributed by atoms with E-state index in [-0.39, 0.29) is 16.8 Å². The second-order valence-corrected chi connectivity index (χ2v) is 9.25. The molecule has 3 aromatic rings. The molecule has 1 aliphatic heterocycles. The molecule has 1 aromatic heterocycles. The van der Waals surface area contributed by atoms with Gasteiger partial charge in [-0.3, -0.25) is 14.1 Å². The number of pyridine rings is 1. The number of likely N-dealkylation sites (tertiary alicyclic amines) is 1. The number of carbonyl (C=O) groups excluding carboxylic acids is 1. The van der Waals surface area contributed by atoms with Crippen molar-refractivity contribution in [1.82, 2.24) is 9.88 Å². The van der Waals surface area contributed by atoms with Crippen LogP contribution in [0, 0.1) is 0 Å². The largest absolute Gasteiger partial charge is 0.332 e. The molecule has 0 unspecified atom stereocenters. The molecule has 6 nitrogen and oxygen atoms in total. The molecule has 154 valence electrons. The fraction of sp³-hybridized carbons (Fsp3) is 0.217. The second-order valence-electron chi connectivity index (χ2n) is 7.28. The van der Waals surface area contributed by atoms with Gasteiger partial charge in [-0.1, -0.05) is 30.3 Å². The summed E-state index contributed by atoms with van der Waals surface area (Å²) in [5.41, 5.74) is 1.93. The van der Waals surface area contributed by atoms with Crippen molar-refractivity contribution in [3.63, 3.8) is 0 Å². The van der Waals surface area contributed by atoms with Crippen LogP contribution in [0.4, 0.5) is 5.69 Å². The Morgan fingerprint density at radius 2 is 1.87 bits per heavy atom. The van der Waals surface area contributed by atoms with Gasteiger partial charge in [0.15, 0.2) is 0 Å². The summed E-state index contributed by atoms with van der Waals surface area (Å²) >= 11 is 0. The third-order valence-electron chi connectivity index (χ3n) is 5.44. The van der Waals surface area contributed by atoms with Gasteiger partial charge in [-0.05, 0) is 54.8 Å². The van der Waals surface area contributed by atoms with Crippen LogP contribution < -0.4 is 4.31 Å². The third kappa shape index (κ3) is 3.80. The number of hydrogen-bond donors (Lipinski definition) is 0. The Kier molecular flexibility index (Phi) is 5.55. The summed E-state index contributed by atoms with van der Waals surface area (Å²) in [5.74, 6) is -0.166. The molecule has 0 aliphatic carbocycles. The van der Waals surface area contributed by atoms with E-state index in [1.165, 1.54) is 23.5 Å². The third-order valence-corrected chi connectivity index (χ3v) is 7.22. The van der Waals surface area contributed by atoms with E-state index in [9.17, 15) is 13.2 Å². The van der Waals surface area contributed by atoms with E-state index in [4.69, 9.17) is 0 Å². The molecule has 0 radical (unpaired) electrons. The van der Waals surface area contributed by atoms with Crippen LogP contribution in [0.2, 0.25) is 0 Å². The van der Waals surface area contributed by atoms with Gasteiger partial charge >= 0.3 is 0 Å². The van der Waals surface area contributed by atoms with Crippen LogP contribution in [-0.4, -0.2) is 37.8 Å². The van der Waals surface area contributed by atoms with Crippen LogP contribution >= 0.6 is 0 Å². The summed E-state index contributed by atoms with van der Waals surface area (Å²) in [6.07, 6.45) is 5.26. The minimum absolute atomic E-state index is 0.0431. The van der Waals surface area contributed by atoms with E-state index in [1.807, 2.05) is 23.1 Å². The van der Waals surface area contributed by atoms with Crippen molar-refractivity contribution in [2.24, 2.45) is 0 Å². The van der Waals surface area contributed by atoms with Gasteiger partial charge in [-0.25, -0.2) is 8.42 Å². The first-order valence-corrected chi connectivity index (χ1v) is 11.3. The fourth-order valence-corrected chi connectivity index (χ4v) is 5.06. The Labute approximate surface area is 176 Å². The number of aromatic nitrogens is 1. The molecule has 1 atom stereocenters. The Hall–Kier alpha value is -3.19. The Morgan fingerprint density at radius 1 is 1.07 bits per heavy atom. The van der Waals surface area contributed by atoms with Gasteiger partial charge in [0, 0.05) is 31.5 Å². The highest BCUT2D eigenvalue weighted by Crippen LogP contribution is 2.33. The standard InChI is InChI=1S/C23H23N3O3S/c1-25(20-10-3-2-4-11-20)30(28,29)21-12-5-8-18(16-21)23(27)26-15-7-13-22(26)19-9-6-14-24-17-19/h2-6,8-12,14,16-17,22H,7,13,15H2,1H3/t22-/m0/s1. The van der Waals surface area contributed by atoms with Crippen LogP contribution in [0.5, 0.6) is 0 Å². The van der Waals surface area contributed by atoms with Gasteiger partial charge in [0.2, 0.25) is 0 Å². The maximum absolute atomic E-state index is 13.2. The summed E-state index contributed by atoms with van der Waals surface area (Å²) in [7, 11) is -2.27. The van der Waals surface area contributed by atoms with Gasteiger partial charge < -0.3 is 4.90 Å². The van der Waals surface area contributed by atoms with Crippen molar-refractivity contribution in [1.29, 1.82) is 0 Å². The van der Waals surface area contributed by atoms with Crippen molar-refractivity contribution in [3.8, 4) is 0 Å². The van der Waals surface area contributed by atoms with Crippen molar-refractivity contribution in [3.05, 3.63) is 90.3 Å². The van der Waals surface area contributed by atoms with E-state index >= 15 is 0 Å². The number of anilines is 1. The minimum Gasteiger partial charge on any atom is -0.332 e. The Bertz CT molecular complexity index is 1130. The van der Waals surface area contributed by atoms with Crippen molar-refractivity contribution < 1.29 is 13.2 Å². The van der Waals surface area contributed by atoms with E-state index in [2.05, 4.69) is 4.98 Å². The molecule has 1 aliphatic rings. The van der Waals surface area contributed by atoms with Gasteiger partial charge in [0.1, 0.15) is 0 Å². The molecule has 0 saturated carbocycles. The first-order valence-electron chi connectivity index (χ1n) is 9.83. The van der Waals surface area contributed by atoms with Gasteiger partial charge in [0.05, 0.1) is 16.6 Å². The number of nitrogens with zero attached hydrogens (tertiary/aromatic N) is 3. The van der Waals surface area contributed by atoms with E-state index in [1.54, 1.807) is 48.8 Å². The predicted molar refractivity (Wildman–Crippen MR) is 116 cm³/mol. The monoisotopic (exact) mass is 421 g/mol. The molecule has 0 spiro atoms. The van der Waals surface area contributed by atoms with Crippen molar-refractivity contribution in [2.45, 2.75) is 23.8 Å². The number of carbonyl (C=O) groups is 1. The number of hydrogen-bond acceptors (Lipinski definition) is 4. The average molecular weight is 422 g/mol. The number of rotatable bonds is 5. The molecule has 0 bridgehead atoms. The second kappa shape index (κ2) is 8.28. The van der Waals surface area contributed by atoms with Crippen LogP contribution in [-0.2, 0) is 10.0 Å². The van der Waals surface area contributed by atoms with Gasteiger partial charge in [-0.2, -0.15) is 0 Å². The molecule has 2 heterocycles. The van der Waals surface area contributed by atoms with E-state index in [0.717, 1.165) is 18.4 Å². The lowest BCUT2D eigenvalue weighted by molar-refractivity contribution is 0.0735. The summed E-state index contributed by atoms with van der Waals surface area (Å²) in [6.45, 7) is 0.638. The normalized spacial score (nSPS) is 16.4. The van der Waals surface area contributed by atoms with Crippen molar-refractivity contribution in [2.75, 3.05) is 17.9 Å². The fourth-order valence-electron chi connectivity index (χ4n) is 3.82. The highest BCUT2D eigenvalue weighted by Gasteiger charge is 2.31. The molecule has 2 aromatic carbocycles. The summed E-state index contributed by atoms with van der Waals surface area (Å²) in [5, 5.41) is 0. The highest BCUT2D eigenvalue weighted by atomic mass is 32.2. The lowest BCUT2D eigenvalue weighted by Gasteiger charge is -2.25. The SMILES string of the molecule is CN(c1ccccc1)S(=O)(=O)c1cccc(C(=O)N2CCC[C@H]2c2cccnc2)c1. The zero-order chi connectivity index (χ0) is 21.1. The quantitative estimate of drug-likeness (QED) is 0.627. The molecule has 7 heteroatoms.